The van der Waals surface area contributed by atoms with E-state index in [4.69, 9.17) is 5.11 Å². The number of aliphatic hydroxyl groups is 1. The fraction of sp³-hybridized carbons (Fsp3) is 0.267. The molecule has 0 aromatic heterocycles. The van der Waals surface area contributed by atoms with E-state index in [0.29, 0.717) is 6.42 Å². The number of hydrogen-bond acceptors (Lipinski definition) is 2. The topological polar surface area (TPSA) is 57.5 Å². The molecule has 0 bridgehead atoms. The highest BCUT2D eigenvalue weighted by atomic mass is 16.4. The van der Waals surface area contributed by atoms with Crippen LogP contribution in [0, 0.1) is 5.92 Å². The van der Waals surface area contributed by atoms with Crippen LogP contribution < -0.4 is 0 Å². The molecule has 0 saturated heterocycles. The first-order chi connectivity index (χ1) is 8.63. The van der Waals surface area contributed by atoms with E-state index < -0.39 is 11.7 Å². The predicted molar refractivity (Wildman–Crippen MR) is 72.2 cm³/mol. The number of hydrogen-bond donors (Lipinski definition) is 2. The van der Waals surface area contributed by atoms with Crippen molar-refractivity contribution >= 4 is 12.0 Å². The molecule has 1 unspecified atom stereocenters. The molecule has 96 valence electrons. The van der Waals surface area contributed by atoms with Crippen LogP contribution in [0.2, 0.25) is 0 Å². The monoisotopic (exact) mass is 246 g/mol. The van der Waals surface area contributed by atoms with Crippen LogP contribution in [0.5, 0.6) is 0 Å². The quantitative estimate of drug-likeness (QED) is 0.595. The fourth-order valence-electron chi connectivity index (χ4n) is 1.59. The number of carboxylic acids is 1. The highest BCUT2D eigenvalue weighted by molar-refractivity contribution is 5.83. The van der Waals surface area contributed by atoms with E-state index in [1.807, 2.05) is 49.4 Å². The summed E-state index contributed by atoms with van der Waals surface area (Å²) in [4.78, 5) is 10.5. The summed E-state index contributed by atoms with van der Waals surface area (Å²) in [5, 5.41) is 17.8. The van der Waals surface area contributed by atoms with Gasteiger partial charge in [0.25, 0.3) is 0 Å². The standard InChI is InChI=1S/C15H18O3/c1-2-12(11-14(16)15(17)18)9-6-10-13-7-4-3-5-8-13/h3-8,10-12,16H,2,9H2,1H3,(H,17,18)/b10-6+,14-11-. The summed E-state index contributed by atoms with van der Waals surface area (Å²) < 4.78 is 0. The number of rotatable bonds is 6. The molecule has 0 amide bonds. The lowest BCUT2D eigenvalue weighted by Gasteiger charge is -2.06. The second-order valence-electron chi connectivity index (χ2n) is 4.07. The Hall–Kier alpha value is -2.03. The maximum atomic E-state index is 10.5. The molecule has 3 heteroatoms. The van der Waals surface area contributed by atoms with Crippen LogP contribution in [0.1, 0.15) is 25.3 Å². The minimum Gasteiger partial charge on any atom is -0.502 e. The molecule has 0 fully saturated rings. The Bertz CT molecular complexity index is 432. The number of aliphatic hydroxyl groups excluding tert-OH is 1. The summed E-state index contributed by atoms with van der Waals surface area (Å²) in [6.45, 7) is 1.96. The van der Waals surface area contributed by atoms with E-state index in [1.165, 1.54) is 6.08 Å². The van der Waals surface area contributed by atoms with Gasteiger partial charge in [-0.2, -0.15) is 0 Å². The number of benzene rings is 1. The first-order valence-electron chi connectivity index (χ1n) is 5.99. The van der Waals surface area contributed by atoms with E-state index >= 15 is 0 Å². The molecule has 1 aromatic rings. The molecule has 0 radical (unpaired) electrons. The first-order valence-corrected chi connectivity index (χ1v) is 5.99. The van der Waals surface area contributed by atoms with Crippen LogP contribution >= 0.6 is 0 Å². The predicted octanol–water partition coefficient (Wildman–Crippen LogP) is 3.64. The Labute approximate surface area is 107 Å². The lowest BCUT2D eigenvalue weighted by atomic mass is 10.0. The van der Waals surface area contributed by atoms with Crippen LogP contribution in [-0.2, 0) is 4.79 Å². The van der Waals surface area contributed by atoms with Crippen molar-refractivity contribution in [3.63, 3.8) is 0 Å². The van der Waals surface area contributed by atoms with Gasteiger partial charge in [-0.3, -0.25) is 0 Å². The van der Waals surface area contributed by atoms with Gasteiger partial charge in [-0.15, -0.1) is 0 Å². The van der Waals surface area contributed by atoms with Crippen LogP contribution in [0.25, 0.3) is 6.08 Å². The van der Waals surface area contributed by atoms with E-state index in [1.54, 1.807) is 0 Å². The van der Waals surface area contributed by atoms with Gasteiger partial charge in [-0.25, -0.2) is 4.79 Å². The zero-order valence-electron chi connectivity index (χ0n) is 10.4. The van der Waals surface area contributed by atoms with Crippen molar-refractivity contribution in [3.05, 3.63) is 53.8 Å². The van der Waals surface area contributed by atoms with Crippen molar-refractivity contribution in [2.24, 2.45) is 5.92 Å². The van der Waals surface area contributed by atoms with Crippen LogP contribution in [0.4, 0.5) is 0 Å². The molecule has 3 nitrogen and oxygen atoms in total. The molecule has 1 atom stereocenters. The number of carboxylic acid groups (broad SMARTS) is 1. The van der Waals surface area contributed by atoms with E-state index in [9.17, 15) is 9.90 Å². The fourth-order valence-corrected chi connectivity index (χ4v) is 1.59. The molecular weight excluding hydrogens is 228 g/mol. The summed E-state index contributed by atoms with van der Waals surface area (Å²) in [6.07, 6.45) is 6.89. The Kier molecular flexibility index (Phi) is 5.71. The third kappa shape index (κ3) is 4.87. The maximum absolute atomic E-state index is 10.5. The molecular formula is C15H18O3. The minimum atomic E-state index is -1.28. The Balaban J connectivity index is 2.57. The van der Waals surface area contributed by atoms with Gasteiger partial charge >= 0.3 is 5.97 Å². The number of allylic oxidation sites excluding steroid dienone is 2. The second kappa shape index (κ2) is 7.33. The summed E-state index contributed by atoms with van der Waals surface area (Å²) in [5.41, 5.74) is 1.11. The van der Waals surface area contributed by atoms with E-state index in [2.05, 4.69) is 0 Å². The van der Waals surface area contributed by atoms with Gasteiger partial charge in [-0.1, -0.05) is 49.4 Å². The van der Waals surface area contributed by atoms with Crippen LogP contribution in [-0.4, -0.2) is 16.2 Å². The zero-order valence-corrected chi connectivity index (χ0v) is 10.4. The summed E-state index contributed by atoms with van der Waals surface area (Å²) >= 11 is 0. The van der Waals surface area contributed by atoms with Gasteiger partial charge in [0, 0.05) is 0 Å². The average Bonchev–Trinajstić information content (AvgIpc) is 2.38. The number of aliphatic carboxylic acids is 1. The summed E-state index contributed by atoms with van der Waals surface area (Å²) in [7, 11) is 0. The Morgan fingerprint density at radius 1 is 1.28 bits per heavy atom. The molecule has 0 heterocycles. The third-order valence-electron chi connectivity index (χ3n) is 2.69. The lowest BCUT2D eigenvalue weighted by Crippen LogP contribution is -2.03. The molecule has 18 heavy (non-hydrogen) atoms. The highest BCUT2D eigenvalue weighted by Gasteiger charge is 2.08. The van der Waals surface area contributed by atoms with Gasteiger partial charge in [0.05, 0.1) is 0 Å². The van der Waals surface area contributed by atoms with Crippen molar-refractivity contribution in [1.82, 2.24) is 0 Å². The molecule has 0 aliphatic carbocycles. The van der Waals surface area contributed by atoms with Crippen molar-refractivity contribution in [3.8, 4) is 0 Å². The molecule has 0 spiro atoms. The smallest absolute Gasteiger partial charge is 0.370 e. The van der Waals surface area contributed by atoms with Crippen molar-refractivity contribution in [2.75, 3.05) is 0 Å². The van der Waals surface area contributed by atoms with Crippen LogP contribution in [0.3, 0.4) is 0 Å². The van der Waals surface area contributed by atoms with Crippen LogP contribution in [0.15, 0.2) is 48.2 Å². The molecule has 0 aliphatic rings. The van der Waals surface area contributed by atoms with E-state index in [0.717, 1.165) is 12.0 Å². The molecule has 1 rings (SSSR count). The normalized spacial score (nSPS) is 13.7. The largest absolute Gasteiger partial charge is 0.502 e. The first kappa shape index (κ1) is 14.0. The highest BCUT2D eigenvalue weighted by Crippen LogP contribution is 2.14. The minimum absolute atomic E-state index is 0.0427. The van der Waals surface area contributed by atoms with Gasteiger partial charge < -0.3 is 10.2 Å². The van der Waals surface area contributed by atoms with Crippen molar-refractivity contribution in [1.29, 1.82) is 0 Å². The van der Waals surface area contributed by atoms with Gasteiger partial charge in [0.15, 0.2) is 5.76 Å². The molecule has 0 saturated carbocycles. The third-order valence-corrected chi connectivity index (χ3v) is 2.69. The Morgan fingerprint density at radius 3 is 2.50 bits per heavy atom. The maximum Gasteiger partial charge on any atom is 0.370 e. The van der Waals surface area contributed by atoms with Crippen molar-refractivity contribution in [2.45, 2.75) is 19.8 Å². The van der Waals surface area contributed by atoms with Gasteiger partial charge in [0.1, 0.15) is 0 Å². The molecule has 0 aliphatic heterocycles. The van der Waals surface area contributed by atoms with Gasteiger partial charge in [0.2, 0.25) is 0 Å². The molecule has 1 aromatic carbocycles. The SMILES string of the molecule is CCC(/C=C(\O)C(=O)O)C/C=C/c1ccccc1. The van der Waals surface area contributed by atoms with Crippen molar-refractivity contribution < 1.29 is 15.0 Å². The average molecular weight is 246 g/mol. The zero-order chi connectivity index (χ0) is 13.4. The van der Waals surface area contributed by atoms with Gasteiger partial charge in [-0.05, 0) is 30.4 Å². The Morgan fingerprint density at radius 2 is 1.94 bits per heavy atom. The summed E-state index contributed by atoms with van der Waals surface area (Å²) in [6, 6.07) is 9.89. The van der Waals surface area contributed by atoms with E-state index in [-0.39, 0.29) is 5.92 Å². The molecule has 2 N–H and O–H groups in total. The summed E-state index contributed by atoms with van der Waals surface area (Å²) in [5.74, 6) is -1.81. The lowest BCUT2D eigenvalue weighted by molar-refractivity contribution is -0.135. The second-order valence-corrected chi connectivity index (χ2v) is 4.07. The number of carbonyl (C=O) groups is 1.